The molecule has 62 valence electrons. The third kappa shape index (κ3) is 10.4. The molecule has 0 aromatic heterocycles. The lowest BCUT2D eigenvalue weighted by Crippen LogP contribution is -3.00. The van der Waals surface area contributed by atoms with Crippen molar-refractivity contribution in [3.63, 3.8) is 0 Å². The Morgan fingerprint density at radius 3 is 2.10 bits per heavy atom. The Labute approximate surface area is 67.1 Å². The summed E-state index contributed by atoms with van der Waals surface area (Å²) in [4.78, 5) is 9.89. The molecule has 0 aliphatic rings. The molecule has 0 aromatic carbocycles. The average molecular weight is 168 g/mol. The normalized spacial score (nSPS) is 9.20. The van der Waals surface area contributed by atoms with Crippen LogP contribution in [0.2, 0.25) is 0 Å². The molecule has 0 saturated heterocycles. The molecule has 0 unspecified atom stereocenters. The van der Waals surface area contributed by atoms with E-state index in [0.717, 1.165) is 12.0 Å². The van der Waals surface area contributed by atoms with Gasteiger partial charge in [0.1, 0.15) is 0 Å². The van der Waals surface area contributed by atoms with Crippen LogP contribution < -0.4 is 18.6 Å². The average Bonchev–Trinajstić information content (AvgIpc) is 1.65. The van der Waals surface area contributed by atoms with E-state index in [-0.39, 0.29) is 18.6 Å². The lowest BCUT2D eigenvalue weighted by atomic mass is 10.2. The summed E-state index contributed by atoms with van der Waals surface area (Å²) in [7, 11) is 0. The zero-order valence-electron chi connectivity index (χ0n) is 6.52. The van der Waals surface area contributed by atoms with Crippen LogP contribution >= 0.6 is 0 Å². The van der Waals surface area contributed by atoms with Gasteiger partial charge < -0.3 is 23.7 Å². The van der Waals surface area contributed by atoms with Crippen molar-refractivity contribution in [2.24, 2.45) is 0 Å². The van der Waals surface area contributed by atoms with Gasteiger partial charge >= 0.3 is 5.97 Å². The molecule has 0 heterocycles. The zero-order chi connectivity index (χ0) is 6.57. The Morgan fingerprint density at radius 1 is 1.60 bits per heavy atom. The maximum Gasteiger partial charge on any atom is 0.328 e. The van der Waals surface area contributed by atoms with E-state index in [1.807, 2.05) is 6.92 Å². The molecule has 0 saturated carbocycles. The molecule has 0 aliphatic heterocycles. The SMILES string of the molecule is CCC(C)=CC(=O)O.[Cl-].[NH4+]. The van der Waals surface area contributed by atoms with Crippen molar-refractivity contribution in [3.8, 4) is 0 Å². The van der Waals surface area contributed by atoms with Crippen LogP contribution in [0.25, 0.3) is 0 Å². The summed E-state index contributed by atoms with van der Waals surface area (Å²) in [5.41, 5.74) is 0.900. The van der Waals surface area contributed by atoms with E-state index in [0.29, 0.717) is 0 Å². The van der Waals surface area contributed by atoms with Crippen LogP contribution in [-0.2, 0) is 4.79 Å². The molecule has 0 aromatic rings. The molecule has 10 heavy (non-hydrogen) atoms. The smallest absolute Gasteiger partial charge is 0.328 e. The van der Waals surface area contributed by atoms with Gasteiger partial charge in [0.15, 0.2) is 0 Å². The van der Waals surface area contributed by atoms with Gasteiger partial charge in [-0.15, -0.1) is 0 Å². The molecule has 0 fully saturated rings. The molecule has 0 radical (unpaired) electrons. The molecule has 0 aliphatic carbocycles. The molecule has 4 heteroatoms. The van der Waals surface area contributed by atoms with Gasteiger partial charge in [-0.05, 0) is 13.3 Å². The monoisotopic (exact) mass is 167 g/mol. The van der Waals surface area contributed by atoms with Crippen LogP contribution in [0.4, 0.5) is 0 Å². The third-order valence-electron chi connectivity index (χ3n) is 0.928. The number of carboxylic acid groups (broad SMARTS) is 1. The largest absolute Gasteiger partial charge is 1.00 e. The highest BCUT2D eigenvalue weighted by Gasteiger charge is 1.88. The first-order valence-electron chi connectivity index (χ1n) is 2.57. The highest BCUT2D eigenvalue weighted by Crippen LogP contribution is 1.95. The maximum atomic E-state index is 9.89. The van der Waals surface area contributed by atoms with E-state index < -0.39 is 5.97 Å². The van der Waals surface area contributed by atoms with Gasteiger partial charge in [0.2, 0.25) is 0 Å². The molecule has 0 atom stereocenters. The number of carboxylic acids is 1. The summed E-state index contributed by atoms with van der Waals surface area (Å²) in [6, 6.07) is 0. The molecule has 0 spiro atoms. The number of carbonyl (C=O) groups is 1. The fraction of sp³-hybridized carbons (Fsp3) is 0.500. The van der Waals surface area contributed by atoms with Crippen LogP contribution in [-0.4, -0.2) is 11.1 Å². The second-order valence-corrected chi connectivity index (χ2v) is 1.68. The number of quaternary nitrogens is 1. The Morgan fingerprint density at radius 2 is 2.00 bits per heavy atom. The first kappa shape index (κ1) is 16.2. The topological polar surface area (TPSA) is 73.8 Å². The lowest BCUT2D eigenvalue weighted by Gasteiger charge is -1.87. The Balaban J connectivity index is -0.000000245. The van der Waals surface area contributed by atoms with Crippen molar-refractivity contribution in [1.82, 2.24) is 6.15 Å². The van der Waals surface area contributed by atoms with Crippen LogP contribution in [0.5, 0.6) is 0 Å². The minimum atomic E-state index is -0.857. The van der Waals surface area contributed by atoms with Crippen LogP contribution in [0.1, 0.15) is 20.3 Å². The number of hydrogen-bond acceptors (Lipinski definition) is 1. The van der Waals surface area contributed by atoms with Gasteiger partial charge in [-0.2, -0.15) is 0 Å². The fourth-order valence-electron chi connectivity index (χ4n) is 0.313. The van der Waals surface area contributed by atoms with E-state index in [4.69, 9.17) is 5.11 Å². The minimum absolute atomic E-state index is 0. The number of allylic oxidation sites excluding steroid dienone is 1. The molecule has 0 bridgehead atoms. The van der Waals surface area contributed by atoms with Crippen molar-refractivity contribution >= 4 is 5.97 Å². The van der Waals surface area contributed by atoms with Crippen molar-refractivity contribution in [3.05, 3.63) is 11.6 Å². The standard InChI is InChI=1S/C6H10O2.ClH.H3N/c1-3-5(2)4-6(7)8;;/h4H,3H2,1-2H3,(H,7,8);1H;1H3. The van der Waals surface area contributed by atoms with Crippen LogP contribution in [0.15, 0.2) is 11.6 Å². The number of rotatable bonds is 2. The first-order chi connectivity index (χ1) is 3.66. The summed E-state index contributed by atoms with van der Waals surface area (Å²) in [5.74, 6) is -0.857. The van der Waals surface area contributed by atoms with Crippen LogP contribution in [0.3, 0.4) is 0 Å². The second kappa shape index (κ2) is 8.46. The first-order valence-corrected chi connectivity index (χ1v) is 2.57. The molecule has 0 amide bonds. The van der Waals surface area contributed by atoms with Gasteiger partial charge in [-0.3, -0.25) is 0 Å². The van der Waals surface area contributed by atoms with Crippen molar-refractivity contribution in [1.29, 1.82) is 0 Å². The summed E-state index contributed by atoms with van der Waals surface area (Å²) in [6.07, 6.45) is 2.03. The zero-order valence-corrected chi connectivity index (χ0v) is 7.27. The Bertz CT molecular complexity index is 123. The number of hydrogen-bond donors (Lipinski definition) is 2. The highest BCUT2D eigenvalue weighted by molar-refractivity contribution is 5.80. The predicted octanol–water partition coefficient (Wildman–Crippen LogP) is -1.19. The van der Waals surface area contributed by atoms with Gasteiger partial charge in [0, 0.05) is 6.08 Å². The molecule has 0 rings (SSSR count). The Kier molecular flexibility index (Phi) is 13.7. The number of halogens is 1. The maximum absolute atomic E-state index is 9.89. The quantitative estimate of drug-likeness (QED) is 0.508. The van der Waals surface area contributed by atoms with Gasteiger partial charge in [-0.25, -0.2) is 4.79 Å². The number of aliphatic carboxylic acids is 1. The van der Waals surface area contributed by atoms with Gasteiger partial charge in [0.25, 0.3) is 0 Å². The Hall–Kier alpha value is -0.540. The molecule has 3 nitrogen and oxygen atoms in total. The van der Waals surface area contributed by atoms with Gasteiger partial charge in [0.05, 0.1) is 0 Å². The van der Waals surface area contributed by atoms with Crippen molar-refractivity contribution in [2.45, 2.75) is 20.3 Å². The summed E-state index contributed by atoms with van der Waals surface area (Å²) in [5, 5.41) is 8.14. The predicted molar refractivity (Wildman–Crippen MR) is 37.7 cm³/mol. The summed E-state index contributed by atoms with van der Waals surface area (Å²) in [6.45, 7) is 3.73. The lowest BCUT2D eigenvalue weighted by molar-refractivity contribution is -0.131. The van der Waals surface area contributed by atoms with Crippen molar-refractivity contribution in [2.75, 3.05) is 0 Å². The van der Waals surface area contributed by atoms with E-state index >= 15 is 0 Å². The minimum Gasteiger partial charge on any atom is -1.00 e. The van der Waals surface area contributed by atoms with E-state index in [1.54, 1.807) is 6.92 Å². The molecule has 5 N–H and O–H groups in total. The second-order valence-electron chi connectivity index (χ2n) is 1.68. The molecular weight excluding hydrogens is 154 g/mol. The van der Waals surface area contributed by atoms with Crippen molar-refractivity contribution < 1.29 is 22.3 Å². The summed E-state index contributed by atoms with van der Waals surface area (Å²) >= 11 is 0. The fourth-order valence-corrected chi connectivity index (χ4v) is 0.313. The van der Waals surface area contributed by atoms with E-state index in [2.05, 4.69) is 0 Å². The van der Waals surface area contributed by atoms with Crippen LogP contribution in [0, 0.1) is 0 Å². The third-order valence-corrected chi connectivity index (χ3v) is 0.928. The van der Waals surface area contributed by atoms with E-state index in [1.165, 1.54) is 6.08 Å². The van der Waals surface area contributed by atoms with E-state index in [9.17, 15) is 4.79 Å². The van der Waals surface area contributed by atoms with Gasteiger partial charge in [-0.1, -0.05) is 12.5 Å². The highest BCUT2D eigenvalue weighted by atomic mass is 35.5. The summed E-state index contributed by atoms with van der Waals surface area (Å²) < 4.78 is 0. The molecular formula is C6H14ClNO2.